The molecule has 1 aromatic carbocycles. The number of ether oxygens (including phenoxy) is 1. The first-order valence-corrected chi connectivity index (χ1v) is 5.37. The number of fused-ring (bicyclic) bond motifs is 1. The van der Waals surface area contributed by atoms with Gasteiger partial charge in [-0.25, -0.2) is 0 Å². The third-order valence-corrected chi connectivity index (χ3v) is 2.85. The summed E-state index contributed by atoms with van der Waals surface area (Å²) in [4.78, 5) is 0. The Morgan fingerprint density at radius 3 is 2.14 bits per heavy atom. The Morgan fingerprint density at radius 1 is 1.00 bits per heavy atom. The van der Waals surface area contributed by atoms with Crippen molar-refractivity contribution in [2.45, 2.75) is 46.5 Å². The molecule has 0 saturated carbocycles. The summed E-state index contributed by atoms with van der Waals surface area (Å²) in [7, 11) is 0. The van der Waals surface area contributed by atoms with E-state index in [1.54, 1.807) is 0 Å². The predicted octanol–water partition coefficient (Wildman–Crippen LogP) is 4.35. The van der Waals surface area contributed by atoms with E-state index in [2.05, 4.69) is 40.7 Å². The van der Waals surface area contributed by atoms with Crippen molar-refractivity contribution in [3.63, 3.8) is 0 Å². The van der Waals surface area contributed by atoms with Crippen LogP contribution in [0.15, 0.2) is 6.07 Å². The highest BCUT2D eigenvalue weighted by molar-refractivity contribution is 5.67. The van der Waals surface area contributed by atoms with Crippen molar-refractivity contribution in [3.8, 4) is 11.5 Å². The molecule has 0 aliphatic carbocycles. The molecule has 0 spiro atoms. The monoisotopic (exact) mass is 190 g/mol. The zero-order valence-corrected chi connectivity index (χ0v) is 9.64. The first kappa shape index (κ1) is 9.57. The van der Waals surface area contributed by atoms with E-state index in [1.807, 2.05) is 0 Å². The SMILES string of the molecule is Cc1cc(C(C)C)c(C(C)C)c2c1O2. The van der Waals surface area contributed by atoms with Crippen molar-refractivity contribution in [2.24, 2.45) is 0 Å². The maximum atomic E-state index is 5.55. The zero-order chi connectivity index (χ0) is 10.5. The van der Waals surface area contributed by atoms with E-state index in [4.69, 9.17) is 4.74 Å². The molecular weight excluding hydrogens is 172 g/mol. The Balaban J connectivity index is 2.58. The van der Waals surface area contributed by atoms with E-state index >= 15 is 0 Å². The molecule has 2 rings (SSSR count). The molecule has 0 fully saturated rings. The summed E-state index contributed by atoms with van der Waals surface area (Å²) in [6.07, 6.45) is 0. The molecule has 76 valence electrons. The minimum Gasteiger partial charge on any atom is -0.449 e. The summed E-state index contributed by atoms with van der Waals surface area (Å²) in [5.41, 5.74) is 4.16. The van der Waals surface area contributed by atoms with Gasteiger partial charge in [0, 0.05) is 5.56 Å². The minimum atomic E-state index is 0.559. The molecule has 0 saturated heterocycles. The fourth-order valence-corrected chi connectivity index (χ4v) is 2.09. The average Bonchev–Trinajstić information content (AvgIpc) is 2.82. The molecule has 0 bridgehead atoms. The number of rotatable bonds is 2. The van der Waals surface area contributed by atoms with Crippen molar-refractivity contribution >= 4 is 0 Å². The van der Waals surface area contributed by atoms with Crippen LogP contribution >= 0.6 is 0 Å². The summed E-state index contributed by atoms with van der Waals surface area (Å²) >= 11 is 0. The lowest BCUT2D eigenvalue weighted by Crippen LogP contribution is -1.96. The maximum Gasteiger partial charge on any atom is 0.174 e. The van der Waals surface area contributed by atoms with Gasteiger partial charge in [0.05, 0.1) is 0 Å². The second kappa shape index (κ2) is 3.01. The first-order chi connectivity index (χ1) is 6.52. The van der Waals surface area contributed by atoms with E-state index in [1.165, 1.54) is 16.7 Å². The van der Waals surface area contributed by atoms with Crippen LogP contribution in [0.3, 0.4) is 0 Å². The van der Waals surface area contributed by atoms with Gasteiger partial charge in [0.15, 0.2) is 11.5 Å². The molecule has 1 heteroatoms. The van der Waals surface area contributed by atoms with Gasteiger partial charge in [-0.1, -0.05) is 33.8 Å². The molecule has 0 N–H and O–H groups in total. The van der Waals surface area contributed by atoms with Crippen molar-refractivity contribution < 1.29 is 4.74 Å². The second-order valence-electron chi connectivity index (χ2n) is 4.77. The van der Waals surface area contributed by atoms with Gasteiger partial charge in [-0.15, -0.1) is 0 Å². The van der Waals surface area contributed by atoms with Gasteiger partial charge in [-0.3, -0.25) is 0 Å². The molecule has 1 aliphatic heterocycles. The topological polar surface area (TPSA) is 12.5 Å². The van der Waals surface area contributed by atoms with Crippen LogP contribution in [0.4, 0.5) is 0 Å². The number of hydrogen-bond acceptors (Lipinski definition) is 1. The molecule has 1 aliphatic rings. The highest BCUT2D eigenvalue weighted by Crippen LogP contribution is 2.55. The van der Waals surface area contributed by atoms with Crippen molar-refractivity contribution in [1.29, 1.82) is 0 Å². The van der Waals surface area contributed by atoms with Gasteiger partial charge >= 0.3 is 0 Å². The molecule has 0 radical (unpaired) electrons. The zero-order valence-electron chi connectivity index (χ0n) is 9.64. The average molecular weight is 190 g/mol. The summed E-state index contributed by atoms with van der Waals surface area (Å²) in [6, 6.07) is 2.28. The Morgan fingerprint density at radius 2 is 1.64 bits per heavy atom. The first-order valence-electron chi connectivity index (χ1n) is 5.37. The molecular formula is C13H18O. The summed E-state index contributed by atoms with van der Waals surface area (Å²) in [6.45, 7) is 11.1. The Bertz CT molecular complexity index is 375. The maximum absolute atomic E-state index is 5.55. The minimum absolute atomic E-state index is 0.559. The highest BCUT2D eigenvalue weighted by atomic mass is 16.6. The van der Waals surface area contributed by atoms with E-state index in [9.17, 15) is 0 Å². The highest BCUT2D eigenvalue weighted by Gasteiger charge is 2.31. The number of aryl methyl sites for hydroxylation is 1. The van der Waals surface area contributed by atoms with Gasteiger partial charge in [0.2, 0.25) is 0 Å². The Kier molecular flexibility index (Phi) is 2.06. The summed E-state index contributed by atoms with van der Waals surface area (Å²) < 4.78 is 5.55. The van der Waals surface area contributed by atoms with Crippen LogP contribution in [0.2, 0.25) is 0 Å². The smallest absolute Gasteiger partial charge is 0.174 e. The molecule has 1 aromatic rings. The third kappa shape index (κ3) is 1.31. The summed E-state index contributed by atoms with van der Waals surface area (Å²) in [5.74, 6) is 3.42. The second-order valence-corrected chi connectivity index (χ2v) is 4.77. The Labute approximate surface area is 86.1 Å². The normalized spacial score (nSPS) is 13.1. The Hall–Kier alpha value is -0.980. The fourth-order valence-electron chi connectivity index (χ4n) is 2.09. The molecule has 0 amide bonds. The van der Waals surface area contributed by atoms with E-state index in [0.29, 0.717) is 11.8 Å². The van der Waals surface area contributed by atoms with E-state index in [0.717, 1.165) is 11.5 Å². The van der Waals surface area contributed by atoms with Gasteiger partial charge in [0.25, 0.3) is 0 Å². The quantitative estimate of drug-likeness (QED) is 0.641. The molecule has 14 heavy (non-hydrogen) atoms. The third-order valence-electron chi connectivity index (χ3n) is 2.85. The van der Waals surface area contributed by atoms with Crippen LogP contribution in [0.1, 0.15) is 56.2 Å². The van der Waals surface area contributed by atoms with E-state index in [-0.39, 0.29) is 0 Å². The standard InChI is InChI=1S/C13H18O/c1-7(2)10-6-9(5)12-13(14-12)11(10)8(3)4/h6-8H,1-5H3. The van der Waals surface area contributed by atoms with Crippen LogP contribution in [0, 0.1) is 6.92 Å². The van der Waals surface area contributed by atoms with Crippen molar-refractivity contribution in [3.05, 3.63) is 22.8 Å². The van der Waals surface area contributed by atoms with Crippen LogP contribution in [0.25, 0.3) is 0 Å². The van der Waals surface area contributed by atoms with Gasteiger partial charge in [-0.2, -0.15) is 0 Å². The van der Waals surface area contributed by atoms with Crippen LogP contribution in [0.5, 0.6) is 11.5 Å². The van der Waals surface area contributed by atoms with Crippen LogP contribution < -0.4 is 4.74 Å². The molecule has 0 atom stereocenters. The lowest BCUT2D eigenvalue weighted by Gasteiger charge is -2.13. The van der Waals surface area contributed by atoms with Crippen molar-refractivity contribution in [2.75, 3.05) is 0 Å². The van der Waals surface area contributed by atoms with Gasteiger partial charge in [0.1, 0.15) is 0 Å². The van der Waals surface area contributed by atoms with Crippen LogP contribution in [-0.2, 0) is 0 Å². The lowest BCUT2D eigenvalue weighted by molar-refractivity contribution is 0.633. The fraction of sp³-hybridized carbons (Fsp3) is 0.538. The predicted molar refractivity (Wildman–Crippen MR) is 59.4 cm³/mol. The van der Waals surface area contributed by atoms with E-state index < -0.39 is 0 Å². The van der Waals surface area contributed by atoms with Crippen LogP contribution in [-0.4, -0.2) is 0 Å². The lowest BCUT2D eigenvalue weighted by atomic mass is 9.89. The van der Waals surface area contributed by atoms with Gasteiger partial charge in [-0.05, 0) is 29.9 Å². The molecule has 0 unspecified atom stereocenters. The molecule has 1 heterocycles. The molecule has 1 nitrogen and oxygen atoms in total. The molecule has 0 aromatic heterocycles. The summed E-state index contributed by atoms with van der Waals surface area (Å²) in [5, 5.41) is 0. The van der Waals surface area contributed by atoms with Crippen molar-refractivity contribution in [1.82, 2.24) is 0 Å². The number of benzene rings is 1. The number of hydrogen-bond donors (Lipinski definition) is 0. The largest absolute Gasteiger partial charge is 0.449 e. The van der Waals surface area contributed by atoms with Gasteiger partial charge < -0.3 is 4.74 Å².